The Morgan fingerprint density at radius 1 is 1.31 bits per heavy atom. The smallest absolute Gasteiger partial charge is 0.0497 e. The summed E-state index contributed by atoms with van der Waals surface area (Å²) in [5.74, 6) is 0. The minimum absolute atomic E-state index is 0.0980. The van der Waals surface area contributed by atoms with Crippen molar-refractivity contribution in [3.63, 3.8) is 0 Å². The molecule has 1 saturated heterocycles. The summed E-state index contributed by atoms with van der Waals surface area (Å²) in [5.41, 5.74) is 0.0980. The van der Waals surface area contributed by atoms with Crippen LogP contribution in [0.15, 0.2) is 0 Å². The van der Waals surface area contributed by atoms with Crippen LogP contribution >= 0.6 is 0 Å². The van der Waals surface area contributed by atoms with Crippen LogP contribution in [0.1, 0.15) is 59.8 Å². The van der Waals surface area contributed by atoms with Crippen LogP contribution in [0, 0.1) is 5.41 Å². The molecule has 2 nitrogen and oxygen atoms in total. The molecule has 0 aromatic carbocycles. The van der Waals surface area contributed by atoms with Crippen LogP contribution in [-0.4, -0.2) is 35.2 Å². The molecule has 0 saturated carbocycles. The number of rotatable bonds is 6. The van der Waals surface area contributed by atoms with E-state index in [1.54, 1.807) is 0 Å². The monoisotopic (exact) mass is 227 g/mol. The van der Waals surface area contributed by atoms with Crippen molar-refractivity contribution in [3.05, 3.63) is 0 Å². The third-order valence-electron chi connectivity index (χ3n) is 4.22. The standard InChI is InChI=1S/C14H29NO/c1-5-9-14(4,11-16)10-15-12(3)7-8-13(15)6-2/h12-13,16H,5-11H2,1-4H3. The molecule has 1 aliphatic rings. The molecule has 1 aliphatic heterocycles. The molecule has 3 unspecified atom stereocenters. The summed E-state index contributed by atoms with van der Waals surface area (Å²) < 4.78 is 0. The largest absolute Gasteiger partial charge is 0.396 e. The molecule has 0 spiro atoms. The van der Waals surface area contributed by atoms with Gasteiger partial charge in [-0.3, -0.25) is 4.90 Å². The fourth-order valence-corrected chi connectivity index (χ4v) is 3.10. The van der Waals surface area contributed by atoms with Crippen LogP contribution in [-0.2, 0) is 0 Å². The number of nitrogens with zero attached hydrogens (tertiary/aromatic N) is 1. The summed E-state index contributed by atoms with van der Waals surface area (Å²) in [7, 11) is 0. The first kappa shape index (κ1) is 14.0. The Labute approximate surface area is 101 Å². The number of likely N-dealkylation sites (tertiary alicyclic amines) is 1. The van der Waals surface area contributed by atoms with Gasteiger partial charge in [0.25, 0.3) is 0 Å². The lowest BCUT2D eigenvalue weighted by molar-refractivity contribution is 0.0583. The number of aliphatic hydroxyl groups is 1. The molecule has 16 heavy (non-hydrogen) atoms. The molecule has 0 aliphatic carbocycles. The minimum atomic E-state index is 0.0980. The second-order valence-electron chi connectivity index (χ2n) is 5.88. The summed E-state index contributed by atoms with van der Waals surface area (Å²) in [5, 5.41) is 9.60. The maximum absolute atomic E-state index is 9.60. The molecule has 1 fully saturated rings. The number of aliphatic hydroxyl groups excluding tert-OH is 1. The van der Waals surface area contributed by atoms with Gasteiger partial charge < -0.3 is 5.11 Å². The zero-order chi connectivity index (χ0) is 12.2. The zero-order valence-electron chi connectivity index (χ0n) is 11.5. The van der Waals surface area contributed by atoms with Gasteiger partial charge in [-0.2, -0.15) is 0 Å². The average molecular weight is 227 g/mol. The molecule has 1 rings (SSSR count). The molecule has 0 aromatic heterocycles. The Balaban J connectivity index is 2.62. The second kappa shape index (κ2) is 6.02. The summed E-state index contributed by atoms with van der Waals surface area (Å²) in [4.78, 5) is 2.63. The fraction of sp³-hybridized carbons (Fsp3) is 1.00. The predicted octanol–water partition coefficient (Wildman–Crippen LogP) is 3.05. The van der Waals surface area contributed by atoms with Crippen molar-refractivity contribution in [1.82, 2.24) is 4.90 Å². The summed E-state index contributed by atoms with van der Waals surface area (Å²) >= 11 is 0. The Morgan fingerprint density at radius 2 is 2.00 bits per heavy atom. The average Bonchev–Trinajstić information content (AvgIpc) is 2.60. The molecule has 96 valence electrons. The van der Waals surface area contributed by atoms with E-state index in [1.807, 2.05) is 0 Å². The van der Waals surface area contributed by atoms with Crippen LogP contribution in [0.5, 0.6) is 0 Å². The van der Waals surface area contributed by atoms with Gasteiger partial charge in [0, 0.05) is 30.7 Å². The van der Waals surface area contributed by atoms with Gasteiger partial charge in [0.1, 0.15) is 0 Å². The van der Waals surface area contributed by atoms with Crippen LogP contribution in [0.3, 0.4) is 0 Å². The normalized spacial score (nSPS) is 30.6. The van der Waals surface area contributed by atoms with Gasteiger partial charge >= 0.3 is 0 Å². The van der Waals surface area contributed by atoms with Gasteiger partial charge in [0.05, 0.1) is 0 Å². The SMILES string of the molecule is CCCC(C)(CO)CN1C(C)CCC1CC. The molecule has 0 amide bonds. The lowest BCUT2D eigenvalue weighted by Gasteiger charge is -2.37. The topological polar surface area (TPSA) is 23.5 Å². The highest BCUT2D eigenvalue weighted by atomic mass is 16.3. The highest BCUT2D eigenvalue weighted by Crippen LogP contribution is 2.32. The fourth-order valence-electron chi connectivity index (χ4n) is 3.10. The van der Waals surface area contributed by atoms with E-state index >= 15 is 0 Å². The van der Waals surface area contributed by atoms with Crippen molar-refractivity contribution in [2.24, 2.45) is 5.41 Å². The molecule has 0 radical (unpaired) electrons. The van der Waals surface area contributed by atoms with Gasteiger partial charge in [0.2, 0.25) is 0 Å². The Hall–Kier alpha value is -0.0800. The van der Waals surface area contributed by atoms with Crippen LogP contribution in [0.25, 0.3) is 0 Å². The maximum atomic E-state index is 9.60. The Bertz CT molecular complexity index is 207. The van der Waals surface area contributed by atoms with Gasteiger partial charge in [-0.05, 0) is 32.6 Å². The molecule has 2 heteroatoms. The van der Waals surface area contributed by atoms with Gasteiger partial charge in [-0.15, -0.1) is 0 Å². The predicted molar refractivity (Wildman–Crippen MR) is 69.6 cm³/mol. The highest BCUT2D eigenvalue weighted by molar-refractivity contribution is 4.89. The van der Waals surface area contributed by atoms with Gasteiger partial charge in [-0.1, -0.05) is 27.2 Å². The van der Waals surface area contributed by atoms with Crippen molar-refractivity contribution in [3.8, 4) is 0 Å². The molecule has 0 bridgehead atoms. The molecule has 3 atom stereocenters. The van der Waals surface area contributed by atoms with E-state index in [-0.39, 0.29) is 5.41 Å². The minimum Gasteiger partial charge on any atom is -0.396 e. The van der Waals surface area contributed by atoms with E-state index in [9.17, 15) is 5.11 Å². The van der Waals surface area contributed by atoms with E-state index < -0.39 is 0 Å². The first-order valence-corrected chi connectivity index (χ1v) is 6.93. The summed E-state index contributed by atoms with van der Waals surface area (Å²) in [6, 6.07) is 1.45. The van der Waals surface area contributed by atoms with Crippen molar-refractivity contribution in [2.75, 3.05) is 13.2 Å². The van der Waals surface area contributed by atoms with Crippen LogP contribution < -0.4 is 0 Å². The van der Waals surface area contributed by atoms with Crippen LogP contribution in [0.2, 0.25) is 0 Å². The third-order valence-corrected chi connectivity index (χ3v) is 4.22. The Kier molecular flexibility index (Phi) is 5.26. The summed E-state index contributed by atoms with van der Waals surface area (Å²) in [6.07, 6.45) is 6.20. The first-order chi connectivity index (χ1) is 7.56. The van der Waals surface area contributed by atoms with Crippen LogP contribution in [0.4, 0.5) is 0 Å². The quantitative estimate of drug-likeness (QED) is 0.754. The Morgan fingerprint density at radius 3 is 2.50 bits per heavy atom. The lowest BCUT2D eigenvalue weighted by atomic mass is 9.85. The van der Waals surface area contributed by atoms with Crippen molar-refractivity contribution in [1.29, 1.82) is 0 Å². The molecular weight excluding hydrogens is 198 g/mol. The van der Waals surface area contributed by atoms with E-state index in [2.05, 4.69) is 32.6 Å². The third kappa shape index (κ3) is 3.21. The van der Waals surface area contributed by atoms with Crippen molar-refractivity contribution >= 4 is 0 Å². The molecular formula is C14H29NO. The molecule has 1 N–H and O–H groups in total. The highest BCUT2D eigenvalue weighted by Gasteiger charge is 2.34. The van der Waals surface area contributed by atoms with Gasteiger partial charge in [-0.25, -0.2) is 0 Å². The molecule has 1 heterocycles. The molecule has 0 aromatic rings. The number of hydrogen-bond acceptors (Lipinski definition) is 2. The van der Waals surface area contributed by atoms with E-state index in [1.165, 1.54) is 19.3 Å². The number of hydrogen-bond donors (Lipinski definition) is 1. The van der Waals surface area contributed by atoms with Crippen molar-refractivity contribution < 1.29 is 5.11 Å². The van der Waals surface area contributed by atoms with E-state index in [4.69, 9.17) is 0 Å². The first-order valence-electron chi connectivity index (χ1n) is 6.93. The lowest BCUT2D eigenvalue weighted by Crippen LogP contribution is -2.43. The second-order valence-corrected chi connectivity index (χ2v) is 5.88. The van der Waals surface area contributed by atoms with Crippen molar-refractivity contribution in [2.45, 2.75) is 71.9 Å². The maximum Gasteiger partial charge on any atom is 0.0497 e. The van der Waals surface area contributed by atoms with Gasteiger partial charge in [0.15, 0.2) is 0 Å². The van der Waals surface area contributed by atoms with E-state index in [0.717, 1.165) is 25.4 Å². The van der Waals surface area contributed by atoms with E-state index in [0.29, 0.717) is 12.6 Å². The summed E-state index contributed by atoms with van der Waals surface area (Å²) in [6.45, 7) is 10.4. The zero-order valence-corrected chi connectivity index (χ0v) is 11.5.